The van der Waals surface area contributed by atoms with Crippen LogP contribution in [0.1, 0.15) is 44.6 Å². The van der Waals surface area contributed by atoms with Crippen LogP contribution in [0.4, 0.5) is 5.69 Å². The lowest BCUT2D eigenvalue weighted by Gasteiger charge is -2.28. The number of nitro groups is 1. The van der Waals surface area contributed by atoms with E-state index in [0.717, 1.165) is 11.5 Å². The zero-order valence-electron chi connectivity index (χ0n) is 12.8. The van der Waals surface area contributed by atoms with Gasteiger partial charge in [-0.2, -0.15) is 0 Å². The van der Waals surface area contributed by atoms with Gasteiger partial charge in [0.2, 0.25) is 0 Å². The quantitative estimate of drug-likeness (QED) is 0.642. The Bertz CT molecular complexity index is 484. The van der Waals surface area contributed by atoms with E-state index in [-0.39, 0.29) is 10.6 Å². The molecule has 0 bridgehead atoms. The van der Waals surface area contributed by atoms with E-state index in [0.29, 0.717) is 18.3 Å². The van der Waals surface area contributed by atoms with Crippen LogP contribution in [0.2, 0.25) is 0 Å². The largest absolute Gasteiger partial charge is 0.496 e. The fraction of sp³-hybridized carbons (Fsp3) is 0.625. The molecule has 1 aliphatic carbocycles. The van der Waals surface area contributed by atoms with E-state index in [2.05, 4.69) is 12.2 Å². The van der Waals surface area contributed by atoms with Crippen molar-refractivity contribution in [3.05, 3.63) is 33.9 Å². The minimum atomic E-state index is -0.378. The van der Waals surface area contributed by atoms with Gasteiger partial charge in [0.25, 0.3) is 5.69 Å². The lowest BCUT2D eigenvalue weighted by molar-refractivity contribution is -0.385. The standard InChI is InChI=1S/C16H24N2O3/c1-12(14-6-4-3-5-7-14)17-11-13-8-15(18(19)20)10-16(9-13)21-2/h8-10,12,14,17H,3-7,11H2,1-2H3/t12-/m1/s1. The molecule has 21 heavy (non-hydrogen) atoms. The number of nitrogens with one attached hydrogen (secondary N) is 1. The molecule has 0 heterocycles. The number of ether oxygens (including phenoxy) is 1. The Morgan fingerprint density at radius 1 is 1.33 bits per heavy atom. The van der Waals surface area contributed by atoms with E-state index in [1.165, 1.54) is 45.3 Å². The minimum absolute atomic E-state index is 0.0801. The molecule has 1 N–H and O–H groups in total. The molecule has 1 atom stereocenters. The molecule has 0 unspecified atom stereocenters. The Kier molecular flexibility index (Phi) is 5.56. The van der Waals surface area contributed by atoms with Crippen LogP contribution in [-0.4, -0.2) is 18.1 Å². The molecule has 0 amide bonds. The Hall–Kier alpha value is -1.62. The summed E-state index contributed by atoms with van der Waals surface area (Å²) in [6.07, 6.45) is 6.56. The third-order valence-electron chi connectivity index (χ3n) is 4.38. The van der Waals surface area contributed by atoms with Crippen molar-refractivity contribution in [2.45, 2.75) is 51.6 Å². The highest BCUT2D eigenvalue weighted by atomic mass is 16.6. The molecule has 5 nitrogen and oxygen atoms in total. The SMILES string of the molecule is COc1cc(CN[C@H](C)C2CCCCC2)cc([N+](=O)[O-])c1. The van der Waals surface area contributed by atoms with Gasteiger partial charge in [-0.1, -0.05) is 19.3 Å². The lowest BCUT2D eigenvalue weighted by Crippen LogP contribution is -2.34. The van der Waals surface area contributed by atoms with E-state index in [4.69, 9.17) is 4.74 Å². The van der Waals surface area contributed by atoms with Crippen LogP contribution < -0.4 is 10.1 Å². The Labute approximate surface area is 125 Å². The van der Waals surface area contributed by atoms with Crippen molar-refractivity contribution in [3.8, 4) is 5.75 Å². The number of nitro benzene ring substituents is 1. The van der Waals surface area contributed by atoms with E-state index in [9.17, 15) is 10.1 Å². The molecule has 2 rings (SSSR count). The number of hydrogen-bond donors (Lipinski definition) is 1. The van der Waals surface area contributed by atoms with Gasteiger partial charge in [-0.05, 0) is 37.3 Å². The van der Waals surface area contributed by atoms with Gasteiger partial charge in [0.15, 0.2) is 0 Å². The number of hydrogen-bond acceptors (Lipinski definition) is 4. The first-order chi connectivity index (χ1) is 10.1. The molecule has 1 saturated carbocycles. The Morgan fingerprint density at radius 3 is 2.67 bits per heavy atom. The molecule has 0 spiro atoms. The molecule has 0 aromatic heterocycles. The van der Waals surface area contributed by atoms with Gasteiger partial charge in [-0.25, -0.2) is 0 Å². The van der Waals surface area contributed by atoms with Crippen LogP contribution in [0, 0.1) is 16.0 Å². The third-order valence-corrected chi connectivity index (χ3v) is 4.38. The molecule has 0 radical (unpaired) electrons. The van der Waals surface area contributed by atoms with Crippen molar-refractivity contribution < 1.29 is 9.66 Å². The summed E-state index contributed by atoms with van der Waals surface area (Å²) in [5, 5.41) is 14.4. The second-order valence-corrected chi connectivity index (χ2v) is 5.86. The number of benzene rings is 1. The van der Waals surface area contributed by atoms with Crippen molar-refractivity contribution >= 4 is 5.69 Å². The average molecular weight is 292 g/mol. The van der Waals surface area contributed by atoms with Crippen molar-refractivity contribution in [1.29, 1.82) is 0 Å². The smallest absolute Gasteiger partial charge is 0.273 e. The molecule has 1 aliphatic rings. The van der Waals surface area contributed by atoms with Gasteiger partial charge in [0.1, 0.15) is 5.75 Å². The summed E-state index contributed by atoms with van der Waals surface area (Å²) in [4.78, 5) is 10.6. The minimum Gasteiger partial charge on any atom is -0.496 e. The maximum atomic E-state index is 10.9. The number of nitrogens with zero attached hydrogens (tertiary/aromatic N) is 1. The zero-order chi connectivity index (χ0) is 15.2. The van der Waals surface area contributed by atoms with Crippen LogP contribution in [-0.2, 0) is 6.54 Å². The first-order valence-electron chi connectivity index (χ1n) is 7.66. The summed E-state index contributed by atoms with van der Waals surface area (Å²) in [5.41, 5.74) is 0.972. The van der Waals surface area contributed by atoms with E-state index in [1.807, 2.05) is 6.07 Å². The van der Waals surface area contributed by atoms with Crippen LogP contribution in [0.5, 0.6) is 5.75 Å². The van der Waals surface area contributed by atoms with Crippen LogP contribution in [0.25, 0.3) is 0 Å². The van der Waals surface area contributed by atoms with Crippen molar-refractivity contribution in [2.24, 2.45) is 5.92 Å². The van der Waals surface area contributed by atoms with Gasteiger partial charge in [-0.15, -0.1) is 0 Å². The first-order valence-corrected chi connectivity index (χ1v) is 7.66. The fourth-order valence-corrected chi connectivity index (χ4v) is 3.05. The summed E-state index contributed by atoms with van der Waals surface area (Å²) >= 11 is 0. The second-order valence-electron chi connectivity index (χ2n) is 5.86. The van der Waals surface area contributed by atoms with Crippen LogP contribution in [0.3, 0.4) is 0 Å². The van der Waals surface area contributed by atoms with Gasteiger partial charge < -0.3 is 10.1 Å². The predicted molar refractivity (Wildman–Crippen MR) is 82.5 cm³/mol. The summed E-state index contributed by atoms with van der Waals surface area (Å²) in [6.45, 7) is 2.85. The zero-order valence-corrected chi connectivity index (χ0v) is 12.8. The summed E-state index contributed by atoms with van der Waals surface area (Å²) in [7, 11) is 1.53. The fourth-order valence-electron chi connectivity index (χ4n) is 3.05. The van der Waals surface area contributed by atoms with Crippen LogP contribution >= 0.6 is 0 Å². The highest BCUT2D eigenvalue weighted by molar-refractivity contribution is 5.42. The number of rotatable bonds is 6. The normalized spacial score (nSPS) is 17.4. The molecular weight excluding hydrogens is 268 g/mol. The second kappa shape index (κ2) is 7.41. The third kappa shape index (κ3) is 4.43. The average Bonchev–Trinajstić information content (AvgIpc) is 2.53. The van der Waals surface area contributed by atoms with Crippen molar-refractivity contribution in [1.82, 2.24) is 5.32 Å². The highest BCUT2D eigenvalue weighted by Crippen LogP contribution is 2.27. The van der Waals surface area contributed by atoms with Crippen LogP contribution in [0.15, 0.2) is 18.2 Å². The summed E-state index contributed by atoms with van der Waals surface area (Å²) in [6, 6.07) is 5.36. The summed E-state index contributed by atoms with van der Waals surface area (Å²) < 4.78 is 5.14. The van der Waals surface area contributed by atoms with Gasteiger partial charge in [0.05, 0.1) is 18.1 Å². The van der Waals surface area contributed by atoms with Crippen molar-refractivity contribution in [3.63, 3.8) is 0 Å². The van der Waals surface area contributed by atoms with E-state index < -0.39 is 0 Å². The molecule has 1 aromatic rings. The van der Waals surface area contributed by atoms with E-state index in [1.54, 1.807) is 6.07 Å². The highest BCUT2D eigenvalue weighted by Gasteiger charge is 2.19. The maximum Gasteiger partial charge on any atom is 0.273 e. The topological polar surface area (TPSA) is 64.4 Å². The predicted octanol–water partition coefficient (Wildman–Crippen LogP) is 3.66. The molecule has 116 valence electrons. The molecule has 5 heteroatoms. The maximum absolute atomic E-state index is 10.9. The molecular formula is C16H24N2O3. The summed E-state index contributed by atoms with van der Waals surface area (Å²) in [5.74, 6) is 1.26. The molecule has 0 aliphatic heterocycles. The van der Waals surface area contributed by atoms with Gasteiger partial charge in [-0.3, -0.25) is 10.1 Å². The monoisotopic (exact) mass is 292 g/mol. The molecule has 1 aromatic carbocycles. The Morgan fingerprint density at radius 2 is 2.05 bits per heavy atom. The molecule has 0 saturated heterocycles. The van der Waals surface area contributed by atoms with E-state index >= 15 is 0 Å². The Balaban J connectivity index is 1.98. The number of methoxy groups -OCH3 is 1. The first kappa shape index (κ1) is 15.8. The van der Waals surface area contributed by atoms with Crippen molar-refractivity contribution in [2.75, 3.05) is 7.11 Å². The van der Waals surface area contributed by atoms with Gasteiger partial charge in [0, 0.05) is 18.7 Å². The molecule has 1 fully saturated rings. The lowest BCUT2D eigenvalue weighted by atomic mass is 9.84. The number of non-ortho nitro benzene ring substituents is 1. The van der Waals surface area contributed by atoms with Gasteiger partial charge >= 0.3 is 0 Å².